The summed E-state index contributed by atoms with van der Waals surface area (Å²) >= 11 is 5.89. The number of nitrogens with two attached hydrogens (primary N) is 1. The minimum Gasteiger partial charge on any atom is -0.507 e. The normalized spacial score (nSPS) is 11.0. The molecule has 13 heavy (non-hydrogen) atoms. The summed E-state index contributed by atoms with van der Waals surface area (Å²) in [4.78, 5) is 0. The van der Waals surface area contributed by atoms with Crippen molar-refractivity contribution < 1.29 is 5.11 Å². The van der Waals surface area contributed by atoms with Crippen molar-refractivity contribution in [1.29, 1.82) is 0 Å². The number of phenols is 1. The van der Waals surface area contributed by atoms with E-state index in [4.69, 9.17) is 17.3 Å². The van der Waals surface area contributed by atoms with Crippen LogP contribution in [0.5, 0.6) is 5.75 Å². The van der Waals surface area contributed by atoms with Crippen molar-refractivity contribution in [2.75, 3.05) is 6.54 Å². The minimum atomic E-state index is 0.228. The third kappa shape index (κ3) is 2.47. The highest BCUT2D eigenvalue weighted by Crippen LogP contribution is 2.26. The van der Waals surface area contributed by atoms with Crippen LogP contribution in [0.4, 0.5) is 0 Å². The molecule has 3 heteroatoms. The van der Waals surface area contributed by atoms with Gasteiger partial charge in [0.1, 0.15) is 5.75 Å². The van der Waals surface area contributed by atoms with Gasteiger partial charge in [-0.1, -0.05) is 23.8 Å². The first-order chi connectivity index (χ1) is 6.15. The highest BCUT2D eigenvalue weighted by atomic mass is 35.5. The molecule has 0 saturated heterocycles. The van der Waals surface area contributed by atoms with Crippen molar-refractivity contribution in [2.24, 2.45) is 5.73 Å². The van der Waals surface area contributed by atoms with Gasteiger partial charge in [-0.3, -0.25) is 0 Å². The number of rotatable bonds is 2. The molecule has 1 aromatic rings. The van der Waals surface area contributed by atoms with Gasteiger partial charge in [0.15, 0.2) is 0 Å². The second-order valence-corrected chi connectivity index (χ2v) is 3.21. The maximum Gasteiger partial charge on any atom is 0.123 e. The summed E-state index contributed by atoms with van der Waals surface area (Å²) in [6.07, 6.45) is 3.52. The van der Waals surface area contributed by atoms with E-state index in [1.54, 1.807) is 24.3 Å². The summed E-state index contributed by atoms with van der Waals surface area (Å²) in [7, 11) is 0. The number of halogens is 1. The molecule has 1 rings (SSSR count). The molecule has 3 N–H and O–H groups in total. The minimum absolute atomic E-state index is 0.228. The van der Waals surface area contributed by atoms with E-state index in [0.717, 1.165) is 5.56 Å². The highest BCUT2D eigenvalue weighted by Gasteiger charge is 2.01. The zero-order chi connectivity index (χ0) is 9.84. The quantitative estimate of drug-likeness (QED) is 0.765. The van der Waals surface area contributed by atoms with Crippen molar-refractivity contribution in [2.45, 2.75) is 6.92 Å². The third-order valence-corrected chi connectivity index (χ3v) is 2.15. The van der Waals surface area contributed by atoms with Crippen molar-refractivity contribution >= 4 is 17.7 Å². The van der Waals surface area contributed by atoms with Gasteiger partial charge in [0.2, 0.25) is 0 Å². The van der Waals surface area contributed by atoms with Gasteiger partial charge in [0.05, 0.1) is 0 Å². The van der Waals surface area contributed by atoms with Crippen molar-refractivity contribution in [1.82, 2.24) is 0 Å². The van der Waals surface area contributed by atoms with Crippen LogP contribution in [-0.2, 0) is 0 Å². The first-order valence-electron chi connectivity index (χ1n) is 4.01. The predicted molar refractivity (Wildman–Crippen MR) is 55.9 cm³/mol. The molecule has 0 heterocycles. The van der Waals surface area contributed by atoms with Gasteiger partial charge in [-0.25, -0.2) is 0 Å². The number of aryl methyl sites for hydroxylation is 1. The van der Waals surface area contributed by atoms with Crippen LogP contribution >= 0.6 is 11.6 Å². The topological polar surface area (TPSA) is 46.2 Å². The summed E-state index contributed by atoms with van der Waals surface area (Å²) in [6, 6.07) is 3.36. The molecule has 0 unspecified atom stereocenters. The lowest BCUT2D eigenvalue weighted by molar-refractivity contribution is 0.473. The van der Waals surface area contributed by atoms with Gasteiger partial charge in [0.25, 0.3) is 0 Å². The number of hydrogen-bond donors (Lipinski definition) is 2. The SMILES string of the molecule is Cc1cc(O)c(/C=C/CN)cc1Cl. The van der Waals surface area contributed by atoms with Gasteiger partial charge in [-0.2, -0.15) is 0 Å². The fraction of sp³-hybridized carbons (Fsp3) is 0.200. The Morgan fingerprint density at radius 3 is 2.85 bits per heavy atom. The standard InChI is InChI=1S/C10H12ClNO/c1-7-5-10(13)8(3-2-4-12)6-9(7)11/h2-3,5-6,13H,4,12H2,1H3/b3-2+. The average molecular weight is 198 g/mol. The second kappa shape index (κ2) is 4.30. The van der Waals surface area contributed by atoms with Crippen molar-refractivity contribution in [3.05, 3.63) is 34.4 Å². The smallest absolute Gasteiger partial charge is 0.123 e. The zero-order valence-electron chi connectivity index (χ0n) is 7.42. The Balaban J connectivity index is 3.08. The molecule has 0 aliphatic heterocycles. The number of phenolic OH excluding ortho intramolecular Hbond substituents is 1. The molecule has 0 atom stereocenters. The Morgan fingerprint density at radius 1 is 1.54 bits per heavy atom. The molecular formula is C10H12ClNO. The molecule has 0 saturated carbocycles. The molecular weight excluding hydrogens is 186 g/mol. The summed E-state index contributed by atoms with van der Waals surface area (Å²) in [5.41, 5.74) is 6.85. The molecule has 0 radical (unpaired) electrons. The van der Waals surface area contributed by atoms with Gasteiger partial charge in [-0.15, -0.1) is 0 Å². The lowest BCUT2D eigenvalue weighted by Gasteiger charge is -2.02. The fourth-order valence-corrected chi connectivity index (χ4v) is 1.18. The molecule has 70 valence electrons. The molecule has 0 aliphatic carbocycles. The molecule has 0 aliphatic rings. The van der Waals surface area contributed by atoms with E-state index in [-0.39, 0.29) is 5.75 Å². The summed E-state index contributed by atoms with van der Waals surface area (Å²) in [6.45, 7) is 2.30. The Morgan fingerprint density at radius 2 is 2.23 bits per heavy atom. The first kappa shape index (κ1) is 10.1. The largest absolute Gasteiger partial charge is 0.507 e. The molecule has 2 nitrogen and oxygen atoms in total. The number of hydrogen-bond acceptors (Lipinski definition) is 2. The summed E-state index contributed by atoms with van der Waals surface area (Å²) in [5, 5.41) is 10.1. The Bertz CT molecular complexity index is 334. The van der Waals surface area contributed by atoms with E-state index >= 15 is 0 Å². The van der Waals surface area contributed by atoms with E-state index in [1.165, 1.54) is 0 Å². The van der Waals surface area contributed by atoms with Gasteiger partial charge in [-0.05, 0) is 24.6 Å². The van der Waals surface area contributed by atoms with Crippen LogP contribution in [0.3, 0.4) is 0 Å². The van der Waals surface area contributed by atoms with E-state index in [2.05, 4.69) is 0 Å². The first-order valence-corrected chi connectivity index (χ1v) is 4.38. The second-order valence-electron chi connectivity index (χ2n) is 2.80. The fourth-order valence-electron chi connectivity index (χ4n) is 1.01. The van der Waals surface area contributed by atoms with E-state index in [1.807, 2.05) is 6.92 Å². The number of benzene rings is 1. The zero-order valence-corrected chi connectivity index (χ0v) is 8.17. The predicted octanol–water partition coefficient (Wildman–Crippen LogP) is 2.33. The average Bonchev–Trinajstić information content (AvgIpc) is 2.09. The maximum atomic E-state index is 9.49. The van der Waals surface area contributed by atoms with E-state index in [9.17, 15) is 5.11 Å². The van der Waals surface area contributed by atoms with E-state index in [0.29, 0.717) is 17.1 Å². The molecule has 0 bridgehead atoms. The van der Waals surface area contributed by atoms with Crippen LogP contribution in [0.2, 0.25) is 5.02 Å². The molecule has 1 aromatic carbocycles. The Kier molecular flexibility index (Phi) is 3.34. The maximum absolute atomic E-state index is 9.49. The Hall–Kier alpha value is -0.990. The molecule has 0 spiro atoms. The molecule has 0 fully saturated rings. The lowest BCUT2D eigenvalue weighted by atomic mass is 10.1. The van der Waals surface area contributed by atoms with Gasteiger partial charge < -0.3 is 10.8 Å². The van der Waals surface area contributed by atoms with Gasteiger partial charge >= 0.3 is 0 Å². The van der Waals surface area contributed by atoms with Crippen LogP contribution in [0.1, 0.15) is 11.1 Å². The lowest BCUT2D eigenvalue weighted by Crippen LogP contribution is -1.92. The van der Waals surface area contributed by atoms with Crippen molar-refractivity contribution in [3.8, 4) is 5.75 Å². The third-order valence-electron chi connectivity index (χ3n) is 1.74. The van der Waals surface area contributed by atoms with Crippen LogP contribution in [0.25, 0.3) is 6.08 Å². The van der Waals surface area contributed by atoms with Crippen LogP contribution < -0.4 is 5.73 Å². The van der Waals surface area contributed by atoms with Crippen LogP contribution in [0, 0.1) is 6.92 Å². The van der Waals surface area contributed by atoms with Crippen LogP contribution in [-0.4, -0.2) is 11.7 Å². The van der Waals surface area contributed by atoms with Crippen molar-refractivity contribution in [3.63, 3.8) is 0 Å². The molecule has 0 aromatic heterocycles. The monoisotopic (exact) mass is 197 g/mol. The molecule has 0 amide bonds. The summed E-state index contributed by atoms with van der Waals surface area (Å²) < 4.78 is 0. The highest BCUT2D eigenvalue weighted by molar-refractivity contribution is 6.31. The summed E-state index contributed by atoms with van der Waals surface area (Å²) in [5.74, 6) is 0.228. The number of aromatic hydroxyl groups is 1. The van der Waals surface area contributed by atoms with E-state index < -0.39 is 0 Å². The van der Waals surface area contributed by atoms with Crippen LogP contribution in [0.15, 0.2) is 18.2 Å². The van der Waals surface area contributed by atoms with Gasteiger partial charge in [0, 0.05) is 17.1 Å². The Labute approximate surface area is 82.6 Å².